The first-order chi connectivity index (χ1) is 10.8. The van der Waals surface area contributed by atoms with E-state index in [-0.39, 0.29) is 24.0 Å². The number of piperazine rings is 1. The van der Waals surface area contributed by atoms with Crippen molar-refractivity contribution in [2.75, 3.05) is 52.9 Å². The monoisotopic (exact) mass is 431 g/mol. The summed E-state index contributed by atoms with van der Waals surface area (Å²) < 4.78 is 0. The van der Waals surface area contributed by atoms with E-state index in [0.29, 0.717) is 0 Å². The van der Waals surface area contributed by atoms with Gasteiger partial charge in [-0.1, -0.05) is 37.3 Å². The fraction of sp³-hybridized carbons (Fsp3) is 0.588. The van der Waals surface area contributed by atoms with Crippen molar-refractivity contribution >= 4 is 29.9 Å². The molecule has 1 fully saturated rings. The van der Waals surface area contributed by atoms with Crippen molar-refractivity contribution in [3.05, 3.63) is 35.9 Å². The molecule has 0 spiro atoms. The lowest BCUT2D eigenvalue weighted by atomic mass is 10.2. The SMILES string of the molecule is CCN1CCN(CCNC(=NC)NCc2ccccc2)CC1.I. The highest BCUT2D eigenvalue weighted by Crippen LogP contribution is 2.00. The molecule has 1 saturated heterocycles. The third kappa shape index (κ3) is 7.50. The van der Waals surface area contributed by atoms with Crippen molar-refractivity contribution in [3.8, 4) is 0 Å². The maximum absolute atomic E-state index is 4.28. The molecule has 2 rings (SSSR count). The molecule has 1 aromatic carbocycles. The molecule has 0 unspecified atom stereocenters. The molecule has 6 heteroatoms. The molecule has 1 aliphatic heterocycles. The van der Waals surface area contributed by atoms with Gasteiger partial charge in [-0.3, -0.25) is 9.89 Å². The summed E-state index contributed by atoms with van der Waals surface area (Å²) in [7, 11) is 1.82. The van der Waals surface area contributed by atoms with E-state index in [4.69, 9.17) is 0 Å². The van der Waals surface area contributed by atoms with Crippen molar-refractivity contribution < 1.29 is 0 Å². The Hall–Kier alpha value is -0.860. The summed E-state index contributed by atoms with van der Waals surface area (Å²) in [5, 5.41) is 6.75. The third-order valence-corrected chi connectivity index (χ3v) is 4.16. The van der Waals surface area contributed by atoms with Crippen molar-refractivity contribution in [1.29, 1.82) is 0 Å². The first-order valence-electron chi connectivity index (χ1n) is 8.25. The maximum Gasteiger partial charge on any atom is 0.191 e. The Morgan fingerprint density at radius 2 is 1.70 bits per heavy atom. The zero-order chi connectivity index (χ0) is 15.6. The van der Waals surface area contributed by atoms with Gasteiger partial charge in [-0.15, -0.1) is 24.0 Å². The van der Waals surface area contributed by atoms with E-state index in [1.807, 2.05) is 13.1 Å². The summed E-state index contributed by atoms with van der Waals surface area (Å²) in [4.78, 5) is 9.30. The predicted molar refractivity (Wildman–Crippen MR) is 109 cm³/mol. The second-order valence-electron chi connectivity index (χ2n) is 5.61. The fourth-order valence-electron chi connectivity index (χ4n) is 2.66. The van der Waals surface area contributed by atoms with E-state index in [0.717, 1.165) is 25.6 Å². The number of halogens is 1. The molecule has 1 aromatic rings. The Morgan fingerprint density at radius 1 is 1.04 bits per heavy atom. The van der Waals surface area contributed by atoms with Crippen LogP contribution in [0.15, 0.2) is 35.3 Å². The molecular weight excluding hydrogens is 401 g/mol. The molecule has 0 atom stereocenters. The van der Waals surface area contributed by atoms with Gasteiger partial charge in [0.05, 0.1) is 0 Å². The second-order valence-corrected chi connectivity index (χ2v) is 5.61. The van der Waals surface area contributed by atoms with Crippen molar-refractivity contribution in [2.24, 2.45) is 4.99 Å². The predicted octanol–water partition coefficient (Wildman–Crippen LogP) is 1.61. The van der Waals surface area contributed by atoms with Crippen molar-refractivity contribution in [3.63, 3.8) is 0 Å². The number of hydrogen-bond acceptors (Lipinski definition) is 3. The standard InChI is InChI=1S/C17H29N5.HI/c1-3-21-11-13-22(14-12-21)10-9-19-17(18-2)20-15-16-7-5-4-6-8-16;/h4-8H,3,9-15H2,1-2H3,(H2,18,19,20);1H. The average Bonchev–Trinajstić information content (AvgIpc) is 2.59. The minimum Gasteiger partial charge on any atom is -0.355 e. The molecule has 1 heterocycles. The quantitative estimate of drug-likeness (QED) is 0.408. The molecule has 130 valence electrons. The van der Waals surface area contributed by atoms with Crippen LogP contribution >= 0.6 is 24.0 Å². The number of guanidine groups is 1. The number of rotatable bonds is 6. The van der Waals surface area contributed by atoms with Crippen LogP contribution in [0.25, 0.3) is 0 Å². The van der Waals surface area contributed by atoms with Crippen molar-refractivity contribution in [1.82, 2.24) is 20.4 Å². The van der Waals surface area contributed by atoms with Crippen LogP contribution in [0.4, 0.5) is 0 Å². The topological polar surface area (TPSA) is 42.9 Å². The van der Waals surface area contributed by atoms with E-state index in [2.05, 4.69) is 56.6 Å². The molecular formula is C17H30IN5. The summed E-state index contributed by atoms with van der Waals surface area (Å²) in [6, 6.07) is 10.4. The molecule has 23 heavy (non-hydrogen) atoms. The maximum atomic E-state index is 4.28. The first-order valence-corrected chi connectivity index (χ1v) is 8.25. The minimum absolute atomic E-state index is 0. The number of benzene rings is 1. The van der Waals surface area contributed by atoms with Crippen molar-refractivity contribution in [2.45, 2.75) is 13.5 Å². The van der Waals surface area contributed by atoms with Gasteiger partial charge in [-0.05, 0) is 12.1 Å². The van der Waals surface area contributed by atoms with Gasteiger partial charge in [0.1, 0.15) is 0 Å². The van der Waals surface area contributed by atoms with E-state index in [1.54, 1.807) is 0 Å². The van der Waals surface area contributed by atoms with Crippen LogP contribution in [-0.2, 0) is 6.54 Å². The smallest absolute Gasteiger partial charge is 0.191 e. The highest BCUT2D eigenvalue weighted by Gasteiger charge is 2.14. The molecule has 0 aliphatic carbocycles. The molecule has 0 aromatic heterocycles. The van der Waals surface area contributed by atoms with E-state index in [9.17, 15) is 0 Å². The Kier molecular flexibility index (Phi) is 10.2. The second kappa shape index (κ2) is 11.6. The van der Waals surface area contributed by atoms with Gasteiger partial charge in [0.2, 0.25) is 0 Å². The Labute approximate surface area is 157 Å². The van der Waals surface area contributed by atoms with Gasteiger partial charge in [0.25, 0.3) is 0 Å². The zero-order valence-corrected chi connectivity index (χ0v) is 16.6. The number of nitrogens with one attached hydrogen (secondary N) is 2. The van der Waals surface area contributed by atoms with Crippen LogP contribution in [0.1, 0.15) is 12.5 Å². The minimum atomic E-state index is 0. The Balaban J connectivity index is 0.00000264. The van der Waals surface area contributed by atoms with Gasteiger partial charge in [0, 0.05) is 52.9 Å². The average molecular weight is 431 g/mol. The summed E-state index contributed by atoms with van der Waals surface area (Å²) in [5.41, 5.74) is 1.26. The highest BCUT2D eigenvalue weighted by atomic mass is 127. The molecule has 0 radical (unpaired) electrons. The van der Waals surface area contributed by atoms with Crippen LogP contribution in [0, 0.1) is 0 Å². The summed E-state index contributed by atoms with van der Waals surface area (Å²) in [6.45, 7) is 10.9. The number of hydrogen-bond donors (Lipinski definition) is 2. The van der Waals surface area contributed by atoms with Gasteiger partial charge < -0.3 is 15.5 Å². The summed E-state index contributed by atoms with van der Waals surface area (Å²) in [5.74, 6) is 0.871. The Bertz CT molecular complexity index is 444. The third-order valence-electron chi connectivity index (χ3n) is 4.16. The van der Waals surface area contributed by atoms with E-state index in [1.165, 1.54) is 38.3 Å². The number of nitrogens with zero attached hydrogens (tertiary/aromatic N) is 3. The highest BCUT2D eigenvalue weighted by molar-refractivity contribution is 14.0. The van der Waals surface area contributed by atoms with Gasteiger partial charge in [-0.25, -0.2) is 0 Å². The fourth-order valence-corrected chi connectivity index (χ4v) is 2.66. The molecule has 5 nitrogen and oxygen atoms in total. The zero-order valence-electron chi connectivity index (χ0n) is 14.3. The molecule has 0 amide bonds. The number of likely N-dealkylation sites (N-methyl/N-ethyl adjacent to an activating group) is 1. The lowest BCUT2D eigenvalue weighted by Gasteiger charge is -2.34. The Morgan fingerprint density at radius 3 is 2.30 bits per heavy atom. The van der Waals surface area contributed by atoms with E-state index < -0.39 is 0 Å². The molecule has 1 aliphatic rings. The first kappa shape index (κ1) is 20.2. The van der Waals surface area contributed by atoms with Crippen LogP contribution in [-0.4, -0.2) is 68.6 Å². The van der Waals surface area contributed by atoms with Gasteiger partial charge in [-0.2, -0.15) is 0 Å². The van der Waals surface area contributed by atoms with Crippen LogP contribution in [0.2, 0.25) is 0 Å². The lowest BCUT2D eigenvalue weighted by molar-refractivity contribution is 0.139. The molecule has 0 saturated carbocycles. The van der Waals surface area contributed by atoms with Crippen LogP contribution in [0.3, 0.4) is 0 Å². The van der Waals surface area contributed by atoms with Gasteiger partial charge >= 0.3 is 0 Å². The number of aliphatic imine (C=N–C) groups is 1. The molecule has 2 N–H and O–H groups in total. The largest absolute Gasteiger partial charge is 0.355 e. The van der Waals surface area contributed by atoms with Gasteiger partial charge in [0.15, 0.2) is 5.96 Å². The molecule has 0 bridgehead atoms. The van der Waals surface area contributed by atoms with Crippen LogP contribution < -0.4 is 10.6 Å². The lowest BCUT2D eigenvalue weighted by Crippen LogP contribution is -2.49. The van der Waals surface area contributed by atoms with Crippen LogP contribution in [0.5, 0.6) is 0 Å². The normalized spacial score (nSPS) is 16.7. The summed E-state index contributed by atoms with van der Waals surface area (Å²) >= 11 is 0. The summed E-state index contributed by atoms with van der Waals surface area (Å²) in [6.07, 6.45) is 0. The van der Waals surface area contributed by atoms with E-state index >= 15 is 0 Å².